The zero-order chi connectivity index (χ0) is 9.56. The topological polar surface area (TPSA) is 56.3 Å². The number of hydrogen-bond acceptors (Lipinski definition) is 2. The molecule has 0 heterocycles. The summed E-state index contributed by atoms with van der Waals surface area (Å²) < 4.78 is 0. The highest BCUT2D eigenvalue weighted by molar-refractivity contribution is 5.12. The maximum atomic E-state index is 8.46. The van der Waals surface area contributed by atoms with E-state index in [9.17, 15) is 0 Å². The third-order valence-corrected chi connectivity index (χ3v) is 1.54. The minimum atomic E-state index is -0.885. The zero-order valence-electron chi connectivity index (χ0n) is 6.52. The molecule has 2 unspecified atom stereocenters. The zero-order valence-corrected chi connectivity index (χ0v) is 6.52. The molecule has 0 aromatic heterocycles. The molecule has 0 saturated heterocycles. The summed E-state index contributed by atoms with van der Waals surface area (Å²) in [4.78, 5) is 6.04. The van der Waals surface area contributed by atoms with Crippen LogP contribution in [0.25, 0.3) is 9.69 Å². The van der Waals surface area contributed by atoms with Gasteiger partial charge in [-0.2, -0.15) is 10.5 Å². The molecule has 0 radical (unpaired) electrons. The van der Waals surface area contributed by atoms with Crippen molar-refractivity contribution in [3.63, 3.8) is 0 Å². The highest BCUT2D eigenvalue weighted by atomic mass is 14.8. The number of nitriles is 2. The Kier molecular flexibility index (Phi) is 3.92. The maximum absolute atomic E-state index is 8.46. The Hall–Kier alpha value is -2.04. The van der Waals surface area contributed by atoms with Gasteiger partial charge in [0.1, 0.15) is 5.92 Å². The summed E-state index contributed by atoms with van der Waals surface area (Å²) in [5.74, 6) is -0.505. The lowest BCUT2D eigenvalue weighted by Crippen LogP contribution is -2.22. The Labute approximate surface area is 71.3 Å². The van der Waals surface area contributed by atoms with Gasteiger partial charge in [0.15, 0.2) is 12.1 Å². The van der Waals surface area contributed by atoms with Crippen molar-refractivity contribution in [2.75, 3.05) is 0 Å². The quantitative estimate of drug-likeness (QED) is 0.568. The molecule has 0 N–H and O–H groups in total. The molecule has 4 nitrogen and oxygen atoms in total. The minimum Gasteiger partial charge on any atom is -0.297 e. The summed E-state index contributed by atoms with van der Waals surface area (Å²) in [6.45, 7) is 14.8. The van der Waals surface area contributed by atoms with Gasteiger partial charge >= 0.3 is 12.1 Å². The van der Waals surface area contributed by atoms with Gasteiger partial charge in [0.05, 0.1) is 0 Å². The van der Waals surface area contributed by atoms with Gasteiger partial charge in [-0.3, -0.25) is 9.69 Å². The lowest BCUT2D eigenvalue weighted by Gasteiger charge is -2.03. The van der Waals surface area contributed by atoms with Gasteiger partial charge in [-0.05, 0) is 6.92 Å². The smallest absolute Gasteiger partial charge is 0.297 e. The van der Waals surface area contributed by atoms with Crippen molar-refractivity contribution in [2.45, 2.75) is 19.0 Å². The molecule has 0 aliphatic carbocycles. The van der Waals surface area contributed by atoms with E-state index >= 15 is 0 Å². The molecule has 0 spiro atoms. The van der Waals surface area contributed by atoms with Gasteiger partial charge in [-0.1, -0.05) is 0 Å². The Morgan fingerprint density at radius 1 is 1.08 bits per heavy atom. The molecule has 12 heavy (non-hydrogen) atoms. The molecule has 58 valence electrons. The van der Waals surface area contributed by atoms with Crippen molar-refractivity contribution in [1.82, 2.24) is 0 Å². The fraction of sp³-hybridized carbons (Fsp3) is 0.500. The van der Waals surface area contributed by atoms with Crippen LogP contribution in [0.3, 0.4) is 0 Å². The van der Waals surface area contributed by atoms with Gasteiger partial charge in [-0.25, -0.2) is 13.1 Å². The van der Waals surface area contributed by atoms with E-state index in [1.54, 1.807) is 19.1 Å². The Bertz CT molecular complexity index is 246. The van der Waals surface area contributed by atoms with Crippen LogP contribution < -0.4 is 0 Å². The minimum absolute atomic E-state index is 0.505. The second-order valence-electron chi connectivity index (χ2n) is 2.27. The molecule has 4 heteroatoms. The molecule has 0 aliphatic heterocycles. The normalized spacial score (nSPS) is 15.4. The number of hydrogen-bond donors (Lipinski definition) is 0. The van der Waals surface area contributed by atoms with E-state index in [1.807, 2.05) is 0 Å². The summed E-state index contributed by atoms with van der Waals surface area (Å²) in [5, 5.41) is 16.9. The van der Waals surface area contributed by atoms with Gasteiger partial charge in [0, 0.05) is 0 Å². The first-order valence-electron chi connectivity index (χ1n) is 3.23. The molecule has 0 aliphatic rings. The predicted octanol–water partition coefficient (Wildman–Crippen LogP) is 1.25. The molecule has 0 rings (SSSR count). The van der Waals surface area contributed by atoms with Crippen molar-refractivity contribution in [3.05, 3.63) is 22.8 Å². The SMILES string of the molecule is [C-]#[N+]C(C#N)C(C)C(C#N)[N+]#[C-]. The molecular weight excluding hydrogens is 152 g/mol. The van der Waals surface area contributed by atoms with Crippen molar-refractivity contribution < 1.29 is 0 Å². The Morgan fingerprint density at radius 2 is 1.42 bits per heavy atom. The van der Waals surface area contributed by atoms with Gasteiger partial charge in [0.2, 0.25) is 0 Å². The van der Waals surface area contributed by atoms with E-state index in [0.29, 0.717) is 0 Å². The van der Waals surface area contributed by atoms with Crippen LogP contribution in [0.15, 0.2) is 0 Å². The third-order valence-electron chi connectivity index (χ3n) is 1.54. The van der Waals surface area contributed by atoms with E-state index in [0.717, 1.165) is 0 Å². The predicted molar refractivity (Wildman–Crippen MR) is 41.2 cm³/mol. The molecule has 0 aromatic rings. The lowest BCUT2D eigenvalue weighted by atomic mass is 9.96. The van der Waals surface area contributed by atoms with E-state index in [4.69, 9.17) is 23.7 Å². The van der Waals surface area contributed by atoms with Gasteiger partial charge in [-0.15, -0.1) is 0 Å². The van der Waals surface area contributed by atoms with Crippen molar-refractivity contribution in [1.29, 1.82) is 10.5 Å². The number of rotatable bonds is 2. The second-order valence-corrected chi connectivity index (χ2v) is 2.27. The summed E-state index contributed by atoms with van der Waals surface area (Å²) in [7, 11) is 0. The van der Waals surface area contributed by atoms with Gasteiger partial charge in [0.25, 0.3) is 0 Å². The third kappa shape index (κ3) is 1.98. The molecule has 0 fully saturated rings. The molecule has 0 aromatic carbocycles. The average molecular weight is 158 g/mol. The van der Waals surface area contributed by atoms with Crippen LogP contribution in [0.1, 0.15) is 6.92 Å². The highest BCUT2D eigenvalue weighted by Gasteiger charge is 2.34. The van der Waals surface area contributed by atoms with E-state index in [-0.39, 0.29) is 0 Å². The molecule has 0 bridgehead atoms. The average Bonchev–Trinajstić information content (AvgIpc) is 2.09. The standard InChI is InChI=1S/C8H6N4/c1-6(7(4-9)11-2)8(5-10)12-3/h6-8H,1H3. The fourth-order valence-electron chi connectivity index (χ4n) is 0.701. The van der Waals surface area contributed by atoms with E-state index in [1.165, 1.54) is 0 Å². The highest BCUT2D eigenvalue weighted by Crippen LogP contribution is 2.13. The van der Waals surface area contributed by atoms with Crippen LogP contribution in [0.2, 0.25) is 0 Å². The van der Waals surface area contributed by atoms with Crippen LogP contribution in [0.4, 0.5) is 0 Å². The first-order chi connectivity index (χ1) is 5.71. The Balaban J connectivity index is 4.54. The van der Waals surface area contributed by atoms with Crippen LogP contribution in [-0.4, -0.2) is 12.1 Å². The molecular formula is C8H6N4. The van der Waals surface area contributed by atoms with E-state index in [2.05, 4.69) is 9.69 Å². The maximum Gasteiger partial charge on any atom is 0.318 e. The summed E-state index contributed by atoms with van der Waals surface area (Å²) in [5.41, 5.74) is 0. The van der Waals surface area contributed by atoms with Crippen LogP contribution in [-0.2, 0) is 0 Å². The summed E-state index contributed by atoms with van der Waals surface area (Å²) in [6, 6.07) is 1.73. The molecule has 0 saturated carbocycles. The molecule has 0 amide bonds. The van der Waals surface area contributed by atoms with Crippen LogP contribution >= 0.6 is 0 Å². The van der Waals surface area contributed by atoms with Crippen LogP contribution in [0, 0.1) is 41.7 Å². The van der Waals surface area contributed by atoms with Crippen molar-refractivity contribution in [2.24, 2.45) is 5.92 Å². The first-order valence-corrected chi connectivity index (χ1v) is 3.23. The van der Waals surface area contributed by atoms with Crippen LogP contribution in [0.5, 0.6) is 0 Å². The molecule has 2 atom stereocenters. The summed E-state index contributed by atoms with van der Waals surface area (Å²) >= 11 is 0. The van der Waals surface area contributed by atoms with Gasteiger partial charge < -0.3 is 0 Å². The Morgan fingerprint density at radius 3 is 1.58 bits per heavy atom. The lowest BCUT2D eigenvalue weighted by molar-refractivity contribution is 0.560. The van der Waals surface area contributed by atoms with E-state index < -0.39 is 18.0 Å². The fourth-order valence-corrected chi connectivity index (χ4v) is 0.701. The summed E-state index contributed by atoms with van der Waals surface area (Å²) in [6.07, 6.45) is 0. The van der Waals surface area contributed by atoms with Crippen molar-refractivity contribution in [3.8, 4) is 12.1 Å². The first kappa shape index (κ1) is 9.96. The second kappa shape index (κ2) is 4.73. The largest absolute Gasteiger partial charge is 0.318 e. The van der Waals surface area contributed by atoms with Crippen molar-refractivity contribution >= 4 is 0 Å². The monoisotopic (exact) mass is 158 g/mol. The number of nitrogens with zero attached hydrogens (tertiary/aromatic N) is 4.